The summed E-state index contributed by atoms with van der Waals surface area (Å²) in [6, 6.07) is 7.76. The van der Waals surface area contributed by atoms with Gasteiger partial charge in [0.2, 0.25) is 5.91 Å². The number of halogens is 1. The van der Waals surface area contributed by atoms with E-state index in [9.17, 15) is 4.79 Å². The van der Waals surface area contributed by atoms with E-state index >= 15 is 0 Å². The molecule has 0 aliphatic carbocycles. The van der Waals surface area contributed by atoms with Gasteiger partial charge in [-0.1, -0.05) is 30.7 Å². The van der Waals surface area contributed by atoms with Crippen LogP contribution in [0.5, 0.6) is 0 Å². The van der Waals surface area contributed by atoms with Crippen LogP contribution >= 0.6 is 11.6 Å². The zero-order chi connectivity index (χ0) is 15.9. The Balaban J connectivity index is 1.87. The molecule has 2 atom stereocenters. The molecule has 1 amide bonds. The highest BCUT2D eigenvalue weighted by molar-refractivity contribution is 6.30. The van der Waals surface area contributed by atoms with Gasteiger partial charge in [0.15, 0.2) is 0 Å². The maximum absolute atomic E-state index is 12.6. The molecule has 0 aromatic heterocycles. The third-order valence-corrected chi connectivity index (χ3v) is 4.52. The minimum Gasteiger partial charge on any atom is -0.381 e. The van der Waals surface area contributed by atoms with E-state index in [1.54, 1.807) is 0 Å². The highest BCUT2D eigenvalue weighted by Gasteiger charge is 2.26. The van der Waals surface area contributed by atoms with Crippen molar-refractivity contribution < 1.29 is 9.53 Å². The average molecular weight is 324 g/mol. The summed E-state index contributed by atoms with van der Waals surface area (Å²) < 4.78 is 5.52. The average Bonchev–Trinajstić information content (AvgIpc) is 2.54. The van der Waals surface area contributed by atoms with Crippen molar-refractivity contribution in [1.82, 2.24) is 4.90 Å². The molecule has 0 saturated carbocycles. The van der Waals surface area contributed by atoms with E-state index in [4.69, 9.17) is 16.3 Å². The van der Waals surface area contributed by atoms with Crippen LogP contribution in [0.4, 0.5) is 0 Å². The van der Waals surface area contributed by atoms with Crippen molar-refractivity contribution in [3.8, 4) is 0 Å². The van der Waals surface area contributed by atoms with Gasteiger partial charge >= 0.3 is 0 Å². The second kappa shape index (κ2) is 8.54. The fraction of sp³-hybridized carbons (Fsp3) is 0.611. The second-order valence-corrected chi connectivity index (χ2v) is 6.62. The van der Waals surface area contributed by atoms with Crippen LogP contribution in [0.1, 0.15) is 32.3 Å². The van der Waals surface area contributed by atoms with Crippen LogP contribution in [0.25, 0.3) is 0 Å². The van der Waals surface area contributed by atoms with E-state index < -0.39 is 0 Å². The molecular formula is C18H26ClNO2. The first kappa shape index (κ1) is 17.3. The first-order valence-electron chi connectivity index (χ1n) is 8.21. The molecule has 0 bridgehead atoms. The zero-order valence-corrected chi connectivity index (χ0v) is 14.3. The molecule has 3 nitrogen and oxygen atoms in total. The van der Waals surface area contributed by atoms with Gasteiger partial charge < -0.3 is 9.64 Å². The van der Waals surface area contributed by atoms with Gasteiger partial charge in [0.1, 0.15) is 0 Å². The molecule has 1 aromatic rings. The quantitative estimate of drug-likeness (QED) is 0.797. The molecule has 1 heterocycles. The van der Waals surface area contributed by atoms with Gasteiger partial charge in [0, 0.05) is 30.6 Å². The molecule has 1 aromatic carbocycles. The maximum Gasteiger partial charge on any atom is 0.225 e. The normalized spacial score (nSPS) is 20.0. The van der Waals surface area contributed by atoms with Gasteiger partial charge in [0.25, 0.3) is 0 Å². The molecule has 0 radical (unpaired) electrons. The van der Waals surface area contributed by atoms with E-state index in [2.05, 4.69) is 0 Å². The number of amides is 1. The Labute approximate surface area is 138 Å². The minimum atomic E-state index is 0.00650. The second-order valence-electron chi connectivity index (χ2n) is 6.18. The Bertz CT molecular complexity index is 474. The van der Waals surface area contributed by atoms with E-state index in [1.807, 2.05) is 43.0 Å². The molecule has 1 aliphatic rings. The predicted octanol–water partition coefficient (Wildman–Crippen LogP) is 3.79. The zero-order valence-electron chi connectivity index (χ0n) is 13.6. The predicted molar refractivity (Wildman–Crippen MR) is 90.1 cm³/mol. The Morgan fingerprint density at radius 2 is 2.14 bits per heavy atom. The van der Waals surface area contributed by atoms with Crippen molar-refractivity contribution in [2.75, 3.05) is 26.3 Å². The van der Waals surface area contributed by atoms with Gasteiger partial charge in [-0.05, 0) is 49.8 Å². The highest BCUT2D eigenvalue weighted by Crippen LogP contribution is 2.20. The summed E-state index contributed by atoms with van der Waals surface area (Å²) in [5, 5.41) is 0.734. The van der Waals surface area contributed by atoms with Crippen LogP contribution in [0.2, 0.25) is 5.02 Å². The number of piperidine rings is 1. The molecule has 1 fully saturated rings. The Kier molecular flexibility index (Phi) is 6.71. The number of ether oxygens (including phenoxy) is 1. The lowest BCUT2D eigenvalue weighted by Crippen LogP contribution is -2.43. The topological polar surface area (TPSA) is 29.5 Å². The first-order valence-corrected chi connectivity index (χ1v) is 8.59. The molecule has 0 spiro atoms. The van der Waals surface area contributed by atoms with Crippen molar-refractivity contribution in [2.24, 2.45) is 11.8 Å². The molecule has 2 rings (SSSR count). The van der Waals surface area contributed by atoms with Crippen LogP contribution in [0.15, 0.2) is 24.3 Å². The monoisotopic (exact) mass is 323 g/mol. The molecule has 0 N–H and O–H groups in total. The van der Waals surface area contributed by atoms with Crippen molar-refractivity contribution in [1.29, 1.82) is 0 Å². The Morgan fingerprint density at radius 3 is 2.82 bits per heavy atom. The summed E-state index contributed by atoms with van der Waals surface area (Å²) in [7, 11) is 0. The summed E-state index contributed by atoms with van der Waals surface area (Å²) in [5.74, 6) is 0.753. The van der Waals surface area contributed by atoms with Gasteiger partial charge in [-0.3, -0.25) is 4.79 Å². The molecule has 2 unspecified atom stereocenters. The number of hydrogen-bond acceptors (Lipinski definition) is 2. The Hall–Kier alpha value is -1.06. The van der Waals surface area contributed by atoms with Gasteiger partial charge in [-0.25, -0.2) is 0 Å². The van der Waals surface area contributed by atoms with Crippen molar-refractivity contribution in [3.63, 3.8) is 0 Å². The van der Waals surface area contributed by atoms with Crippen molar-refractivity contribution in [2.45, 2.75) is 33.1 Å². The lowest BCUT2D eigenvalue weighted by molar-refractivity contribution is -0.137. The van der Waals surface area contributed by atoms with E-state index in [0.717, 1.165) is 56.2 Å². The SMILES string of the molecule is CCOCC1CCCN(C(=O)C(C)Cc2ccc(Cl)cc2)C1. The smallest absolute Gasteiger partial charge is 0.225 e. The summed E-state index contributed by atoms with van der Waals surface area (Å²) in [6.07, 6.45) is 3.01. The summed E-state index contributed by atoms with van der Waals surface area (Å²) in [5.41, 5.74) is 1.16. The molecule has 4 heteroatoms. The largest absolute Gasteiger partial charge is 0.381 e. The molecule has 22 heavy (non-hydrogen) atoms. The fourth-order valence-electron chi connectivity index (χ4n) is 3.06. The van der Waals surface area contributed by atoms with E-state index in [1.165, 1.54) is 0 Å². The van der Waals surface area contributed by atoms with Gasteiger partial charge in [0.05, 0.1) is 6.61 Å². The number of benzene rings is 1. The summed E-state index contributed by atoms with van der Waals surface area (Å²) >= 11 is 5.90. The third kappa shape index (κ3) is 4.99. The van der Waals surface area contributed by atoms with Gasteiger partial charge in [-0.15, -0.1) is 0 Å². The molecular weight excluding hydrogens is 298 g/mol. The number of likely N-dealkylation sites (tertiary alicyclic amines) is 1. The van der Waals surface area contributed by atoms with E-state index in [0.29, 0.717) is 5.92 Å². The number of rotatable bonds is 6. The van der Waals surface area contributed by atoms with Gasteiger partial charge in [-0.2, -0.15) is 0 Å². The molecule has 1 saturated heterocycles. The van der Waals surface area contributed by atoms with Crippen LogP contribution in [0.3, 0.4) is 0 Å². The van der Waals surface area contributed by atoms with Crippen LogP contribution in [0, 0.1) is 11.8 Å². The van der Waals surface area contributed by atoms with E-state index in [-0.39, 0.29) is 11.8 Å². The minimum absolute atomic E-state index is 0.00650. The third-order valence-electron chi connectivity index (χ3n) is 4.27. The number of carbonyl (C=O) groups is 1. The van der Waals surface area contributed by atoms with Crippen LogP contribution in [-0.4, -0.2) is 37.1 Å². The van der Waals surface area contributed by atoms with Crippen molar-refractivity contribution in [3.05, 3.63) is 34.9 Å². The number of nitrogens with zero attached hydrogens (tertiary/aromatic N) is 1. The molecule has 1 aliphatic heterocycles. The number of hydrogen-bond donors (Lipinski definition) is 0. The summed E-state index contributed by atoms with van der Waals surface area (Å²) in [6.45, 7) is 7.27. The Morgan fingerprint density at radius 1 is 1.41 bits per heavy atom. The first-order chi connectivity index (χ1) is 10.6. The maximum atomic E-state index is 12.6. The van der Waals surface area contributed by atoms with Crippen LogP contribution < -0.4 is 0 Å². The lowest BCUT2D eigenvalue weighted by atomic mass is 9.95. The number of carbonyl (C=O) groups excluding carboxylic acids is 1. The highest BCUT2D eigenvalue weighted by atomic mass is 35.5. The standard InChI is InChI=1S/C18H26ClNO2/c1-3-22-13-16-5-4-10-20(12-16)18(21)14(2)11-15-6-8-17(19)9-7-15/h6-9,14,16H,3-5,10-13H2,1-2H3. The molecule has 122 valence electrons. The summed E-state index contributed by atoms with van der Waals surface area (Å²) in [4.78, 5) is 14.7. The lowest BCUT2D eigenvalue weighted by Gasteiger charge is -2.34. The fourth-order valence-corrected chi connectivity index (χ4v) is 3.18. The van der Waals surface area contributed by atoms with Crippen LogP contribution in [-0.2, 0) is 16.0 Å². The van der Waals surface area contributed by atoms with Crippen molar-refractivity contribution >= 4 is 17.5 Å².